The highest BCUT2D eigenvalue weighted by Crippen LogP contribution is 2.29. The maximum absolute atomic E-state index is 10.7. The molecule has 1 rings (SSSR count). The highest BCUT2D eigenvalue weighted by Gasteiger charge is 2.18. The van der Waals surface area contributed by atoms with E-state index in [4.69, 9.17) is 5.11 Å². The van der Waals surface area contributed by atoms with E-state index in [0.717, 1.165) is 23.1 Å². The molecule has 1 aromatic rings. The third-order valence-electron chi connectivity index (χ3n) is 3.03. The normalized spacial score (nSPS) is 12.8. The van der Waals surface area contributed by atoms with Crippen molar-refractivity contribution in [3.8, 4) is 0 Å². The first-order valence-corrected chi connectivity index (χ1v) is 9.10. The van der Waals surface area contributed by atoms with E-state index >= 15 is 0 Å². The van der Waals surface area contributed by atoms with Crippen LogP contribution in [0.1, 0.15) is 51.8 Å². The average Bonchev–Trinajstić information content (AvgIpc) is 2.80. The van der Waals surface area contributed by atoms with E-state index in [1.54, 1.807) is 0 Å². The SMILES string of the molecule is CCSCCC(C)n1c(C(C)C)cnc1SCC(=O)O. The summed E-state index contributed by atoms with van der Waals surface area (Å²) in [7, 11) is 0. The number of carboxylic acid groups (broad SMARTS) is 1. The van der Waals surface area contributed by atoms with Crippen LogP contribution in [0.5, 0.6) is 0 Å². The van der Waals surface area contributed by atoms with Crippen molar-refractivity contribution >= 4 is 29.5 Å². The Hall–Kier alpha value is -0.620. The van der Waals surface area contributed by atoms with Gasteiger partial charge in [0.2, 0.25) is 0 Å². The summed E-state index contributed by atoms with van der Waals surface area (Å²) in [6, 6.07) is 0.352. The summed E-state index contributed by atoms with van der Waals surface area (Å²) < 4.78 is 2.22. The second kappa shape index (κ2) is 8.62. The summed E-state index contributed by atoms with van der Waals surface area (Å²) in [5, 5.41) is 9.66. The lowest BCUT2D eigenvalue weighted by Gasteiger charge is -2.20. The molecule has 1 atom stereocenters. The van der Waals surface area contributed by atoms with Crippen molar-refractivity contribution in [3.05, 3.63) is 11.9 Å². The Balaban J connectivity index is 2.87. The summed E-state index contributed by atoms with van der Waals surface area (Å²) in [4.78, 5) is 15.2. The van der Waals surface area contributed by atoms with Gasteiger partial charge < -0.3 is 9.67 Å². The lowest BCUT2D eigenvalue weighted by Crippen LogP contribution is -2.13. The van der Waals surface area contributed by atoms with Gasteiger partial charge in [-0.15, -0.1) is 0 Å². The highest BCUT2D eigenvalue weighted by molar-refractivity contribution is 7.99. The fourth-order valence-electron chi connectivity index (χ4n) is 1.99. The largest absolute Gasteiger partial charge is 0.481 e. The van der Waals surface area contributed by atoms with Gasteiger partial charge in [0.25, 0.3) is 0 Å². The molecule has 1 aromatic heterocycles. The van der Waals surface area contributed by atoms with Crippen LogP contribution in [-0.2, 0) is 4.79 Å². The number of aromatic nitrogens is 2. The molecule has 6 heteroatoms. The Kier molecular flexibility index (Phi) is 7.51. The second-order valence-corrected chi connectivity index (χ2v) is 7.34. The molecule has 1 unspecified atom stereocenters. The Bertz CT molecular complexity index is 433. The van der Waals surface area contributed by atoms with Crippen molar-refractivity contribution in [2.24, 2.45) is 0 Å². The van der Waals surface area contributed by atoms with Crippen molar-refractivity contribution < 1.29 is 9.90 Å². The predicted molar refractivity (Wildman–Crippen MR) is 87.0 cm³/mol. The quantitative estimate of drug-likeness (QED) is 0.553. The first-order chi connectivity index (χ1) is 9.47. The Morgan fingerprint density at radius 2 is 2.15 bits per heavy atom. The van der Waals surface area contributed by atoms with Crippen LogP contribution in [0.2, 0.25) is 0 Å². The van der Waals surface area contributed by atoms with Gasteiger partial charge in [0.05, 0.1) is 5.75 Å². The molecule has 1 heterocycles. The van der Waals surface area contributed by atoms with E-state index in [0.29, 0.717) is 12.0 Å². The molecule has 0 aliphatic heterocycles. The Labute approximate surface area is 129 Å². The Morgan fingerprint density at radius 1 is 1.45 bits per heavy atom. The third-order valence-corrected chi connectivity index (χ3v) is 4.92. The van der Waals surface area contributed by atoms with Crippen LogP contribution >= 0.6 is 23.5 Å². The van der Waals surface area contributed by atoms with E-state index in [9.17, 15) is 4.79 Å². The van der Waals surface area contributed by atoms with Crippen LogP contribution in [0.25, 0.3) is 0 Å². The zero-order valence-electron chi connectivity index (χ0n) is 12.6. The molecule has 0 bridgehead atoms. The molecule has 0 aromatic carbocycles. The maximum Gasteiger partial charge on any atom is 0.313 e. The molecule has 0 amide bonds. The second-order valence-electron chi connectivity index (χ2n) is 5.01. The van der Waals surface area contributed by atoms with Crippen molar-refractivity contribution in [1.82, 2.24) is 9.55 Å². The number of hydrogen-bond acceptors (Lipinski definition) is 4. The van der Waals surface area contributed by atoms with Gasteiger partial charge in [0, 0.05) is 17.9 Å². The summed E-state index contributed by atoms with van der Waals surface area (Å²) in [6.45, 7) is 8.65. The molecule has 1 N–H and O–H groups in total. The van der Waals surface area contributed by atoms with Crippen LogP contribution in [0.3, 0.4) is 0 Å². The van der Waals surface area contributed by atoms with E-state index in [1.165, 1.54) is 17.5 Å². The molecule has 0 aliphatic carbocycles. The number of rotatable bonds is 9. The van der Waals surface area contributed by atoms with E-state index < -0.39 is 5.97 Å². The fourth-order valence-corrected chi connectivity index (χ4v) is 3.59. The van der Waals surface area contributed by atoms with Crippen LogP contribution in [-0.4, -0.2) is 37.9 Å². The molecule has 0 fully saturated rings. The van der Waals surface area contributed by atoms with Crippen LogP contribution in [0, 0.1) is 0 Å². The summed E-state index contributed by atoms with van der Waals surface area (Å²) in [5.74, 6) is 1.91. The summed E-state index contributed by atoms with van der Waals surface area (Å²) in [5.41, 5.74) is 1.19. The zero-order chi connectivity index (χ0) is 15.1. The maximum atomic E-state index is 10.7. The molecule has 20 heavy (non-hydrogen) atoms. The topological polar surface area (TPSA) is 55.1 Å². The van der Waals surface area contributed by atoms with Gasteiger partial charge >= 0.3 is 5.97 Å². The van der Waals surface area contributed by atoms with Gasteiger partial charge in [-0.2, -0.15) is 11.8 Å². The molecule has 0 radical (unpaired) electrons. The third kappa shape index (κ3) is 5.05. The van der Waals surface area contributed by atoms with E-state index in [1.807, 2.05) is 18.0 Å². The molecule has 114 valence electrons. The summed E-state index contributed by atoms with van der Waals surface area (Å²) >= 11 is 3.24. The molecule has 4 nitrogen and oxygen atoms in total. The van der Waals surface area contributed by atoms with Crippen molar-refractivity contribution in [3.63, 3.8) is 0 Å². The van der Waals surface area contributed by atoms with Crippen LogP contribution < -0.4 is 0 Å². The molecular weight excluding hydrogens is 292 g/mol. The lowest BCUT2D eigenvalue weighted by molar-refractivity contribution is -0.133. The number of aliphatic carboxylic acids is 1. The smallest absolute Gasteiger partial charge is 0.313 e. The van der Waals surface area contributed by atoms with Gasteiger partial charge in [0.15, 0.2) is 5.16 Å². The van der Waals surface area contributed by atoms with Crippen LogP contribution in [0.4, 0.5) is 0 Å². The number of carboxylic acids is 1. The minimum atomic E-state index is -0.801. The number of carbonyl (C=O) groups is 1. The first kappa shape index (κ1) is 17.4. The van der Waals surface area contributed by atoms with Gasteiger partial charge in [-0.25, -0.2) is 4.98 Å². The van der Waals surface area contributed by atoms with Crippen molar-refractivity contribution in [2.45, 2.75) is 51.2 Å². The molecule has 0 saturated carbocycles. The van der Waals surface area contributed by atoms with Crippen molar-refractivity contribution in [1.29, 1.82) is 0 Å². The predicted octanol–water partition coefficient (Wildman–Crippen LogP) is 3.89. The standard InChI is InChI=1S/C14H24N2O2S2/c1-5-19-7-6-11(4)16-12(10(2)3)8-15-14(16)20-9-13(17)18/h8,10-11H,5-7,9H2,1-4H3,(H,17,18). The molecule has 0 saturated heterocycles. The number of nitrogens with zero attached hydrogens (tertiary/aromatic N) is 2. The minimum absolute atomic E-state index is 0.0605. The number of thioether (sulfide) groups is 2. The van der Waals surface area contributed by atoms with Gasteiger partial charge in [-0.05, 0) is 30.8 Å². The lowest BCUT2D eigenvalue weighted by atomic mass is 10.1. The van der Waals surface area contributed by atoms with Gasteiger partial charge in [0.1, 0.15) is 0 Å². The van der Waals surface area contributed by atoms with Crippen molar-refractivity contribution in [2.75, 3.05) is 17.3 Å². The van der Waals surface area contributed by atoms with E-state index in [2.05, 4.69) is 37.2 Å². The molecular formula is C14H24N2O2S2. The molecule has 0 spiro atoms. The monoisotopic (exact) mass is 316 g/mol. The number of hydrogen-bond donors (Lipinski definition) is 1. The fraction of sp³-hybridized carbons (Fsp3) is 0.714. The molecule has 0 aliphatic rings. The number of imidazole rings is 1. The highest BCUT2D eigenvalue weighted by atomic mass is 32.2. The minimum Gasteiger partial charge on any atom is -0.481 e. The van der Waals surface area contributed by atoms with Crippen LogP contribution in [0.15, 0.2) is 11.4 Å². The summed E-state index contributed by atoms with van der Waals surface area (Å²) in [6.07, 6.45) is 2.97. The van der Waals surface area contributed by atoms with Gasteiger partial charge in [-0.1, -0.05) is 32.5 Å². The first-order valence-electron chi connectivity index (χ1n) is 6.96. The van der Waals surface area contributed by atoms with E-state index in [-0.39, 0.29) is 5.75 Å². The van der Waals surface area contributed by atoms with Gasteiger partial charge in [-0.3, -0.25) is 4.79 Å². The average molecular weight is 316 g/mol. The zero-order valence-corrected chi connectivity index (χ0v) is 14.3. The Morgan fingerprint density at radius 3 is 2.70 bits per heavy atom.